The van der Waals surface area contributed by atoms with E-state index in [1.165, 1.54) is 11.6 Å². The first kappa shape index (κ1) is 17.2. The second-order valence-corrected chi connectivity index (χ2v) is 5.38. The minimum absolute atomic E-state index is 0.0304. The lowest BCUT2D eigenvalue weighted by atomic mass is 9.96. The van der Waals surface area contributed by atoms with Gasteiger partial charge in [0, 0.05) is 44.9 Å². The van der Waals surface area contributed by atoms with E-state index in [0.717, 1.165) is 4.57 Å². The molecule has 6 nitrogen and oxygen atoms in total. The van der Waals surface area contributed by atoms with Crippen LogP contribution in [0.4, 0.5) is 0 Å². The number of nitrogens with zero attached hydrogens (tertiary/aromatic N) is 3. The van der Waals surface area contributed by atoms with Crippen LogP contribution in [-0.4, -0.2) is 33.0 Å². The molecule has 0 aliphatic heterocycles. The summed E-state index contributed by atoms with van der Waals surface area (Å²) in [4.78, 5) is 38.1. The minimum atomic E-state index is -0.344. The van der Waals surface area contributed by atoms with Crippen LogP contribution in [0.15, 0.2) is 9.59 Å². The second kappa shape index (κ2) is 6.74. The lowest BCUT2D eigenvalue weighted by molar-refractivity contribution is -0.131. The van der Waals surface area contributed by atoms with Gasteiger partial charge in [0.2, 0.25) is 5.91 Å². The Balaban J connectivity index is 3.21. The molecule has 0 aromatic carbocycles. The number of amides is 1. The molecule has 1 atom stereocenters. The summed E-state index contributed by atoms with van der Waals surface area (Å²) in [5.74, 6) is -0.189. The van der Waals surface area contributed by atoms with Crippen molar-refractivity contribution in [2.24, 2.45) is 14.1 Å². The van der Waals surface area contributed by atoms with Gasteiger partial charge >= 0.3 is 5.69 Å². The number of carbonyl (C=O) groups excluding carboxylic acids is 1. The topological polar surface area (TPSA) is 64.3 Å². The molecule has 6 heteroatoms. The van der Waals surface area contributed by atoms with Crippen molar-refractivity contribution >= 4 is 5.91 Å². The summed E-state index contributed by atoms with van der Waals surface area (Å²) in [5, 5.41) is 0. The largest absolute Gasteiger partial charge is 0.343 e. The molecule has 118 valence electrons. The number of aromatic nitrogens is 2. The molecule has 0 N–H and O–H groups in total. The smallest absolute Gasteiger partial charge is 0.330 e. The first-order valence-corrected chi connectivity index (χ1v) is 7.30. The van der Waals surface area contributed by atoms with E-state index in [4.69, 9.17) is 0 Å². The minimum Gasteiger partial charge on any atom is -0.343 e. The van der Waals surface area contributed by atoms with E-state index >= 15 is 0 Å². The Morgan fingerprint density at radius 1 is 1.14 bits per heavy atom. The van der Waals surface area contributed by atoms with Crippen LogP contribution >= 0.6 is 0 Å². The van der Waals surface area contributed by atoms with Gasteiger partial charge in [0.25, 0.3) is 5.56 Å². The molecule has 1 rings (SSSR count). The van der Waals surface area contributed by atoms with Crippen molar-refractivity contribution in [3.63, 3.8) is 0 Å². The molecular weight excluding hydrogens is 270 g/mol. The van der Waals surface area contributed by atoms with E-state index in [1.54, 1.807) is 18.9 Å². The van der Waals surface area contributed by atoms with Gasteiger partial charge in [-0.1, -0.05) is 6.92 Å². The van der Waals surface area contributed by atoms with Crippen molar-refractivity contribution in [1.29, 1.82) is 0 Å². The van der Waals surface area contributed by atoms with Gasteiger partial charge in [-0.25, -0.2) is 4.79 Å². The fourth-order valence-corrected chi connectivity index (χ4v) is 2.61. The lowest BCUT2D eigenvalue weighted by Gasteiger charge is -2.22. The zero-order valence-corrected chi connectivity index (χ0v) is 13.8. The Bertz CT molecular complexity index is 639. The summed E-state index contributed by atoms with van der Waals surface area (Å²) in [6.45, 7) is 8.79. The average Bonchev–Trinajstić information content (AvgIpc) is 2.44. The molecule has 0 spiro atoms. The summed E-state index contributed by atoms with van der Waals surface area (Å²) in [6.07, 6.45) is 0.274. The Kier molecular flexibility index (Phi) is 5.52. The van der Waals surface area contributed by atoms with Crippen molar-refractivity contribution in [1.82, 2.24) is 14.0 Å². The summed E-state index contributed by atoms with van der Waals surface area (Å²) in [7, 11) is 3.10. The average molecular weight is 295 g/mol. The molecule has 0 saturated carbocycles. The van der Waals surface area contributed by atoms with Gasteiger partial charge in [0.1, 0.15) is 0 Å². The Morgan fingerprint density at radius 3 is 2.14 bits per heavy atom. The molecule has 0 fully saturated rings. The van der Waals surface area contributed by atoms with E-state index in [0.29, 0.717) is 24.3 Å². The van der Waals surface area contributed by atoms with Crippen LogP contribution in [0.2, 0.25) is 0 Å². The molecule has 0 aliphatic carbocycles. The molecule has 1 aromatic rings. The van der Waals surface area contributed by atoms with Gasteiger partial charge in [-0.2, -0.15) is 0 Å². The molecular formula is C15H25N3O3. The molecule has 1 aromatic heterocycles. The third-order valence-electron chi connectivity index (χ3n) is 4.09. The van der Waals surface area contributed by atoms with Gasteiger partial charge in [0.15, 0.2) is 0 Å². The maximum atomic E-state index is 12.3. The summed E-state index contributed by atoms with van der Waals surface area (Å²) in [5.41, 5.74) is 0.516. The number of hydrogen-bond donors (Lipinski definition) is 0. The highest BCUT2D eigenvalue weighted by Gasteiger charge is 2.22. The van der Waals surface area contributed by atoms with Crippen molar-refractivity contribution < 1.29 is 4.79 Å². The monoisotopic (exact) mass is 295 g/mol. The molecule has 1 amide bonds. The predicted molar refractivity (Wildman–Crippen MR) is 82.6 cm³/mol. The Labute approximate surface area is 125 Å². The van der Waals surface area contributed by atoms with Crippen molar-refractivity contribution in [2.75, 3.05) is 13.1 Å². The van der Waals surface area contributed by atoms with E-state index < -0.39 is 0 Å². The highest BCUT2D eigenvalue weighted by Crippen LogP contribution is 2.19. The van der Waals surface area contributed by atoms with Crippen LogP contribution in [0, 0.1) is 6.92 Å². The Hall–Kier alpha value is -1.85. The van der Waals surface area contributed by atoms with Crippen LogP contribution in [0.5, 0.6) is 0 Å². The molecule has 21 heavy (non-hydrogen) atoms. The molecule has 0 aliphatic rings. The van der Waals surface area contributed by atoms with Crippen LogP contribution in [0.1, 0.15) is 44.4 Å². The van der Waals surface area contributed by atoms with Crippen molar-refractivity contribution in [3.05, 3.63) is 32.1 Å². The summed E-state index contributed by atoms with van der Waals surface area (Å²) < 4.78 is 2.55. The standard InChI is InChI=1S/C15H25N3O3/c1-7-18(8-2)12(19)9-10(3)13-11(4)16(5)15(21)17(6)14(13)20/h10H,7-9H2,1-6H3/t10-/m1/s1. The van der Waals surface area contributed by atoms with Crippen LogP contribution in [0.25, 0.3) is 0 Å². The van der Waals surface area contributed by atoms with Crippen molar-refractivity contribution in [3.8, 4) is 0 Å². The second-order valence-electron chi connectivity index (χ2n) is 5.38. The Morgan fingerprint density at radius 2 is 1.67 bits per heavy atom. The zero-order valence-electron chi connectivity index (χ0n) is 13.8. The maximum absolute atomic E-state index is 12.3. The molecule has 0 unspecified atom stereocenters. The number of carbonyl (C=O) groups is 1. The fourth-order valence-electron chi connectivity index (χ4n) is 2.61. The third kappa shape index (κ3) is 3.25. The van der Waals surface area contributed by atoms with Gasteiger partial charge in [-0.05, 0) is 26.7 Å². The normalized spacial score (nSPS) is 12.3. The van der Waals surface area contributed by atoms with Crippen molar-refractivity contribution in [2.45, 2.75) is 40.0 Å². The van der Waals surface area contributed by atoms with E-state index in [-0.39, 0.29) is 29.5 Å². The lowest BCUT2D eigenvalue weighted by Crippen LogP contribution is -2.41. The highest BCUT2D eigenvalue weighted by atomic mass is 16.2. The SMILES string of the molecule is CCN(CC)C(=O)C[C@@H](C)c1c(C)n(C)c(=O)n(C)c1=O. The quantitative estimate of drug-likeness (QED) is 0.805. The first-order chi connectivity index (χ1) is 9.76. The predicted octanol–water partition coefficient (Wildman–Crippen LogP) is 0.754. The summed E-state index contributed by atoms with van der Waals surface area (Å²) >= 11 is 0. The van der Waals surface area contributed by atoms with Gasteiger partial charge in [0.05, 0.1) is 0 Å². The van der Waals surface area contributed by atoms with Crippen LogP contribution in [-0.2, 0) is 18.9 Å². The van der Waals surface area contributed by atoms with Gasteiger partial charge < -0.3 is 9.47 Å². The zero-order chi connectivity index (χ0) is 16.3. The van der Waals surface area contributed by atoms with E-state index in [9.17, 15) is 14.4 Å². The molecule has 0 bridgehead atoms. The summed E-state index contributed by atoms with van der Waals surface area (Å²) in [6, 6.07) is 0. The maximum Gasteiger partial charge on any atom is 0.330 e. The fraction of sp³-hybridized carbons (Fsp3) is 0.667. The highest BCUT2D eigenvalue weighted by molar-refractivity contribution is 5.77. The molecule has 1 heterocycles. The van der Waals surface area contributed by atoms with Crippen LogP contribution < -0.4 is 11.2 Å². The van der Waals surface area contributed by atoms with Gasteiger partial charge in [-0.15, -0.1) is 0 Å². The number of hydrogen-bond acceptors (Lipinski definition) is 3. The van der Waals surface area contributed by atoms with E-state index in [1.807, 2.05) is 20.8 Å². The molecule has 0 radical (unpaired) electrons. The molecule has 0 saturated heterocycles. The van der Waals surface area contributed by atoms with Crippen LogP contribution in [0.3, 0.4) is 0 Å². The third-order valence-corrected chi connectivity index (χ3v) is 4.09. The van der Waals surface area contributed by atoms with Gasteiger partial charge in [-0.3, -0.25) is 14.2 Å². The first-order valence-electron chi connectivity index (χ1n) is 7.30. The van der Waals surface area contributed by atoms with E-state index in [2.05, 4.69) is 0 Å². The number of rotatable bonds is 5.